The highest BCUT2D eigenvalue weighted by Crippen LogP contribution is 2.55. The van der Waals surface area contributed by atoms with E-state index >= 15 is 0 Å². The van der Waals surface area contributed by atoms with E-state index in [-0.39, 0.29) is 22.4 Å². The van der Waals surface area contributed by atoms with Crippen molar-refractivity contribution >= 4 is 11.6 Å². The molecule has 0 spiro atoms. The Kier molecular flexibility index (Phi) is 8.00. The lowest BCUT2D eigenvalue weighted by molar-refractivity contribution is -0.119. The van der Waals surface area contributed by atoms with Gasteiger partial charge in [0.2, 0.25) is 0 Å². The summed E-state index contributed by atoms with van der Waals surface area (Å²) in [5.41, 5.74) is 6.62. The topological polar surface area (TPSA) is 55.8 Å². The summed E-state index contributed by atoms with van der Waals surface area (Å²) in [7, 11) is 1.64. The van der Waals surface area contributed by atoms with Crippen LogP contribution in [0, 0.1) is 10.8 Å². The Morgan fingerprint density at radius 3 is 1.80 bits per heavy atom. The number of allylic oxidation sites excluding steroid dienone is 4. The summed E-state index contributed by atoms with van der Waals surface area (Å²) in [6.45, 7) is 9.88. The molecule has 2 aliphatic carbocycles. The van der Waals surface area contributed by atoms with Crippen LogP contribution in [0.3, 0.4) is 0 Å². The average molecular weight is 590 g/mol. The fraction of sp³-hybridized carbons (Fsp3) is 0.385. The first-order chi connectivity index (χ1) is 21.0. The van der Waals surface area contributed by atoms with Gasteiger partial charge < -0.3 is 14.4 Å². The molecule has 0 aromatic heterocycles. The summed E-state index contributed by atoms with van der Waals surface area (Å²) in [5.74, 6) is 1.09. The zero-order valence-electron chi connectivity index (χ0n) is 26.6. The van der Waals surface area contributed by atoms with Gasteiger partial charge in [-0.25, -0.2) is 0 Å². The number of hydrogen-bond donors (Lipinski definition) is 0. The molecule has 44 heavy (non-hydrogen) atoms. The molecule has 228 valence electrons. The largest absolute Gasteiger partial charge is 0.493 e. The van der Waals surface area contributed by atoms with Gasteiger partial charge in [-0.1, -0.05) is 94.4 Å². The molecule has 0 fully saturated rings. The molecular formula is C39H43NO4. The monoisotopic (exact) mass is 589 g/mol. The van der Waals surface area contributed by atoms with E-state index in [9.17, 15) is 9.59 Å². The number of Topliss-reactive ketones (excluding diaryl/α,β-unsaturated/α-hetero) is 2. The maximum atomic E-state index is 14.2. The highest BCUT2D eigenvalue weighted by molar-refractivity contribution is 6.06. The lowest BCUT2D eigenvalue weighted by atomic mass is 9.63. The summed E-state index contributed by atoms with van der Waals surface area (Å²) in [6.07, 6.45) is 3.35. The van der Waals surface area contributed by atoms with E-state index in [1.807, 2.05) is 54.6 Å². The number of rotatable bonds is 8. The van der Waals surface area contributed by atoms with Crippen LogP contribution in [0.25, 0.3) is 0 Å². The zero-order valence-corrected chi connectivity index (χ0v) is 26.6. The van der Waals surface area contributed by atoms with Crippen LogP contribution in [0.4, 0.5) is 0 Å². The normalized spacial score (nSPS) is 19.5. The Hall–Kier alpha value is -4.12. The van der Waals surface area contributed by atoms with Crippen molar-refractivity contribution in [3.63, 3.8) is 0 Å². The second-order valence-corrected chi connectivity index (χ2v) is 14.1. The molecule has 0 saturated carbocycles. The number of carbonyl (C=O) groups is 2. The molecule has 5 heteroatoms. The van der Waals surface area contributed by atoms with Gasteiger partial charge in [0.05, 0.1) is 7.11 Å². The fourth-order valence-corrected chi connectivity index (χ4v) is 7.25. The third-order valence-corrected chi connectivity index (χ3v) is 9.25. The molecule has 0 N–H and O–H groups in total. The van der Waals surface area contributed by atoms with E-state index < -0.39 is 5.92 Å². The third-order valence-electron chi connectivity index (χ3n) is 9.25. The van der Waals surface area contributed by atoms with Gasteiger partial charge in [-0.05, 0) is 58.9 Å². The standard InChI is InChI=1S/C39H43NO4/c1-38(2)21-29-36(31(41)23-38)35(28-16-17-33(34(20-28)43-5)44-25-27-14-10-7-11-15-27)37-30(22-39(3,4)24-32(37)42)40(29)19-18-26-12-8-6-9-13-26/h6-17,20,35H,18-19,21-25H2,1-5H3. The van der Waals surface area contributed by atoms with Crippen LogP contribution < -0.4 is 9.47 Å². The zero-order chi connectivity index (χ0) is 31.1. The molecule has 0 radical (unpaired) electrons. The van der Waals surface area contributed by atoms with Gasteiger partial charge in [0, 0.05) is 47.8 Å². The van der Waals surface area contributed by atoms with Crippen molar-refractivity contribution in [1.82, 2.24) is 4.90 Å². The molecule has 1 aliphatic heterocycles. The minimum absolute atomic E-state index is 0.138. The highest BCUT2D eigenvalue weighted by atomic mass is 16.5. The predicted molar refractivity (Wildman–Crippen MR) is 173 cm³/mol. The van der Waals surface area contributed by atoms with Crippen molar-refractivity contribution in [2.24, 2.45) is 10.8 Å². The van der Waals surface area contributed by atoms with Gasteiger partial charge in [-0.15, -0.1) is 0 Å². The van der Waals surface area contributed by atoms with Crippen LogP contribution >= 0.6 is 0 Å². The summed E-state index contributed by atoms with van der Waals surface area (Å²) >= 11 is 0. The van der Waals surface area contributed by atoms with Crippen molar-refractivity contribution in [3.8, 4) is 11.5 Å². The van der Waals surface area contributed by atoms with Crippen LogP contribution in [0.15, 0.2) is 101 Å². The molecule has 0 unspecified atom stereocenters. The van der Waals surface area contributed by atoms with Crippen molar-refractivity contribution in [2.75, 3.05) is 13.7 Å². The molecule has 3 aromatic rings. The maximum absolute atomic E-state index is 14.2. The number of hydrogen-bond acceptors (Lipinski definition) is 5. The van der Waals surface area contributed by atoms with Gasteiger partial charge in [0.25, 0.3) is 0 Å². The fourth-order valence-electron chi connectivity index (χ4n) is 7.25. The van der Waals surface area contributed by atoms with Gasteiger partial charge in [-0.2, -0.15) is 0 Å². The number of nitrogens with zero attached hydrogens (tertiary/aromatic N) is 1. The third kappa shape index (κ3) is 5.97. The van der Waals surface area contributed by atoms with Crippen LogP contribution in [-0.4, -0.2) is 30.1 Å². The molecule has 0 saturated heterocycles. The number of carbonyl (C=O) groups excluding carboxylic acids is 2. The molecule has 6 rings (SSSR count). The Labute approximate surface area is 261 Å². The smallest absolute Gasteiger partial charge is 0.162 e. The van der Waals surface area contributed by atoms with Crippen LogP contribution in [0.1, 0.15) is 76.0 Å². The Morgan fingerprint density at radius 1 is 0.705 bits per heavy atom. The predicted octanol–water partition coefficient (Wildman–Crippen LogP) is 8.20. The molecule has 0 amide bonds. The molecule has 1 heterocycles. The SMILES string of the molecule is COc1cc(C2C3=C(CC(C)(C)CC3=O)N(CCc3ccccc3)C3=C2C(=O)CC(C)(C)C3)ccc1OCc1ccccc1. The Morgan fingerprint density at radius 2 is 1.25 bits per heavy atom. The first-order valence-corrected chi connectivity index (χ1v) is 15.7. The number of methoxy groups -OCH3 is 1. The quantitative estimate of drug-likeness (QED) is 0.265. The Balaban J connectivity index is 1.45. The molecule has 0 atom stereocenters. The summed E-state index contributed by atoms with van der Waals surface area (Å²) in [5, 5.41) is 0. The summed E-state index contributed by atoms with van der Waals surface area (Å²) in [6, 6.07) is 26.4. The van der Waals surface area contributed by atoms with Crippen molar-refractivity contribution < 1.29 is 19.1 Å². The second-order valence-electron chi connectivity index (χ2n) is 14.1. The Bertz CT molecular complexity index is 1580. The van der Waals surface area contributed by atoms with Crippen LogP contribution in [-0.2, 0) is 22.6 Å². The number of ether oxygens (including phenoxy) is 2. The molecule has 3 aliphatic rings. The summed E-state index contributed by atoms with van der Waals surface area (Å²) in [4.78, 5) is 30.7. The first-order valence-electron chi connectivity index (χ1n) is 15.7. The van der Waals surface area contributed by atoms with Gasteiger partial charge in [-0.3, -0.25) is 9.59 Å². The number of ketones is 2. The average Bonchev–Trinajstić information content (AvgIpc) is 2.98. The van der Waals surface area contributed by atoms with Crippen LogP contribution in [0.2, 0.25) is 0 Å². The van der Waals surface area contributed by atoms with Crippen molar-refractivity contribution in [1.29, 1.82) is 0 Å². The van der Waals surface area contributed by atoms with Gasteiger partial charge in [0.1, 0.15) is 6.61 Å². The molecular weight excluding hydrogens is 546 g/mol. The second kappa shape index (κ2) is 11.8. The maximum Gasteiger partial charge on any atom is 0.162 e. The van der Waals surface area contributed by atoms with Crippen molar-refractivity contribution in [2.45, 2.75) is 72.3 Å². The van der Waals surface area contributed by atoms with E-state index in [4.69, 9.17) is 9.47 Å². The van der Waals surface area contributed by atoms with Crippen molar-refractivity contribution in [3.05, 3.63) is 118 Å². The van der Waals surface area contributed by atoms with E-state index in [0.29, 0.717) is 30.9 Å². The lowest BCUT2D eigenvalue weighted by Gasteiger charge is -2.49. The molecule has 0 bridgehead atoms. The summed E-state index contributed by atoms with van der Waals surface area (Å²) < 4.78 is 12.0. The van der Waals surface area contributed by atoms with E-state index in [2.05, 4.69) is 56.9 Å². The van der Waals surface area contributed by atoms with E-state index in [0.717, 1.165) is 59.5 Å². The van der Waals surface area contributed by atoms with E-state index in [1.165, 1.54) is 5.56 Å². The first kappa shape index (κ1) is 29.9. The van der Waals surface area contributed by atoms with Crippen LogP contribution in [0.5, 0.6) is 11.5 Å². The molecule has 3 aromatic carbocycles. The minimum Gasteiger partial charge on any atom is -0.493 e. The minimum atomic E-state index is -0.419. The van der Waals surface area contributed by atoms with Gasteiger partial charge >= 0.3 is 0 Å². The van der Waals surface area contributed by atoms with Gasteiger partial charge in [0.15, 0.2) is 23.1 Å². The number of benzene rings is 3. The van der Waals surface area contributed by atoms with E-state index in [1.54, 1.807) is 7.11 Å². The highest BCUT2D eigenvalue weighted by Gasteiger charge is 2.49. The lowest BCUT2D eigenvalue weighted by Crippen LogP contribution is -2.45. The molecule has 5 nitrogen and oxygen atoms in total.